The predicted octanol–water partition coefficient (Wildman–Crippen LogP) is 2.95. The molecule has 138 valence electrons. The van der Waals surface area contributed by atoms with Crippen LogP contribution in [0.5, 0.6) is 0 Å². The van der Waals surface area contributed by atoms with E-state index >= 15 is 0 Å². The molecule has 6 nitrogen and oxygen atoms in total. The number of nitrogens with one attached hydrogen (secondary N) is 1. The fourth-order valence-electron chi connectivity index (χ4n) is 3.83. The Hall–Kier alpha value is -3.02. The Bertz CT molecular complexity index is 1070. The lowest BCUT2D eigenvalue weighted by Crippen LogP contribution is -2.39. The predicted molar refractivity (Wildman–Crippen MR) is 104 cm³/mol. The lowest BCUT2D eigenvalue weighted by molar-refractivity contribution is 0.0707. The highest BCUT2D eigenvalue weighted by Gasteiger charge is 2.27. The minimum Gasteiger partial charge on any atom is -0.338 e. The second-order valence-electron chi connectivity index (χ2n) is 7.26. The third-order valence-corrected chi connectivity index (χ3v) is 5.15. The van der Waals surface area contributed by atoms with E-state index in [1.807, 2.05) is 43.0 Å². The van der Waals surface area contributed by atoms with Crippen molar-refractivity contribution in [2.75, 3.05) is 13.1 Å². The van der Waals surface area contributed by atoms with Gasteiger partial charge in [-0.15, -0.1) is 0 Å². The summed E-state index contributed by atoms with van der Waals surface area (Å²) in [4.78, 5) is 38.2. The quantitative estimate of drug-likeness (QED) is 0.760. The minimum atomic E-state index is -0.158. The van der Waals surface area contributed by atoms with E-state index in [1.54, 1.807) is 0 Å². The van der Waals surface area contributed by atoms with Crippen LogP contribution in [0.2, 0.25) is 0 Å². The highest BCUT2D eigenvalue weighted by atomic mass is 16.2. The van der Waals surface area contributed by atoms with Gasteiger partial charge in [0.05, 0.1) is 23.1 Å². The zero-order valence-corrected chi connectivity index (χ0v) is 15.5. The summed E-state index contributed by atoms with van der Waals surface area (Å²) < 4.78 is 0. The number of aromatic nitrogens is 3. The van der Waals surface area contributed by atoms with Crippen LogP contribution in [0.3, 0.4) is 0 Å². The SMILES string of the molecule is Cc1ccc2nc(C)cc(C(=O)N3CCC[C@@H](c4cc(=O)[nH]cn4)C3)c2c1. The largest absolute Gasteiger partial charge is 0.338 e. The molecular formula is C21H22N4O2. The van der Waals surface area contributed by atoms with Crippen molar-refractivity contribution >= 4 is 16.8 Å². The molecule has 4 rings (SSSR count). The average Bonchev–Trinajstić information content (AvgIpc) is 2.67. The zero-order chi connectivity index (χ0) is 19.0. The number of fused-ring (bicyclic) bond motifs is 1. The molecule has 1 amide bonds. The maximum absolute atomic E-state index is 13.3. The number of H-pyrrole nitrogens is 1. The molecule has 0 radical (unpaired) electrons. The fraction of sp³-hybridized carbons (Fsp3) is 0.333. The van der Waals surface area contributed by atoms with Gasteiger partial charge < -0.3 is 9.88 Å². The van der Waals surface area contributed by atoms with Gasteiger partial charge >= 0.3 is 0 Å². The topological polar surface area (TPSA) is 79.0 Å². The minimum absolute atomic E-state index is 0.0191. The van der Waals surface area contributed by atoms with Gasteiger partial charge in [0.2, 0.25) is 0 Å². The molecule has 1 aliphatic rings. The van der Waals surface area contributed by atoms with Crippen molar-refractivity contribution in [3.63, 3.8) is 0 Å². The first-order valence-corrected chi connectivity index (χ1v) is 9.23. The third kappa shape index (κ3) is 3.47. The van der Waals surface area contributed by atoms with Crippen molar-refractivity contribution in [3.8, 4) is 0 Å². The van der Waals surface area contributed by atoms with Gasteiger partial charge in [0.25, 0.3) is 11.5 Å². The van der Waals surface area contributed by atoms with E-state index in [1.165, 1.54) is 12.4 Å². The summed E-state index contributed by atoms with van der Waals surface area (Å²) in [5.74, 6) is 0.103. The van der Waals surface area contributed by atoms with E-state index in [4.69, 9.17) is 0 Å². The van der Waals surface area contributed by atoms with E-state index in [2.05, 4.69) is 15.0 Å². The molecule has 1 aromatic carbocycles. The molecule has 27 heavy (non-hydrogen) atoms. The van der Waals surface area contributed by atoms with E-state index < -0.39 is 0 Å². The Balaban J connectivity index is 1.67. The molecule has 0 bridgehead atoms. The van der Waals surface area contributed by atoms with E-state index in [0.717, 1.165) is 40.7 Å². The Kier molecular flexibility index (Phi) is 4.48. The van der Waals surface area contributed by atoms with Gasteiger partial charge in [0.1, 0.15) is 0 Å². The molecule has 1 atom stereocenters. The number of hydrogen-bond acceptors (Lipinski definition) is 4. The van der Waals surface area contributed by atoms with Gasteiger partial charge in [-0.05, 0) is 44.9 Å². The van der Waals surface area contributed by atoms with Crippen LogP contribution in [-0.4, -0.2) is 38.8 Å². The van der Waals surface area contributed by atoms with Gasteiger partial charge in [-0.1, -0.05) is 11.6 Å². The number of amides is 1. The van der Waals surface area contributed by atoms with Crippen LogP contribution in [0, 0.1) is 13.8 Å². The Labute approximate surface area is 157 Å². The number of carbonyl (C=O) groups excluding carboxylic acids is 1. The number of rotatable bonds is 2. The molecule has 1 saturated heterocycles. The van der Waals surface area contributed by atoms with Crippen LogP contribution in [0.25, 0.3) is 10.9 Å². The molecule has 2 aromatic heterocycles. The van der Waals surface area contributed by atoms with Crippen molar-refractivity contribution in [1.82, 2.24) is 19.9 Å². The maximum Gasteiger partial charge on any atom is 0.254 e. The monoisotopic (exact) mass is 362 g/mol. The molecule has 6 heteroatoms. The zero-order valence-electron chi connectivity index (χ0n) is 15.5. The van der Waals surface area contributed by atoms with Crippen LogP contribution in [-0.2, 0) is 0 Å². The lowest BCUT2D eigenvalue weighted by atomic mass is 9.93. The number of carbonyl (C=O) groups is 1. The summed E-state index contributed by atoms with van der Waals surface area (Å²) in [7, 11) is 0. The van der Waals surface area contributed by atoms with Crippen LogP contribution in [0.15, 0.2) is 41.5 Å². The Morgan fingerprint density at radius 2 is 2.07 bits per heavy atom. The van der Waals surface area contributed by atoms with E-state index in [9.17, 15) is 9.59 Å². The lowest BCUT2D eigenvalue weighted by Gasteiger charge is -2.32. The summed E-state index contributed by atoms with van der Waals surface area (Å²) in [6.45, 7) is 5.22. The van der Waals surface area contributed by atoms with Crippen LogP contribution in [0.1, 0.15) is 46.1 Å². The number of hydrogen-bond donors (Lipinski definition) is 1. The molecule has 3 aromatic rings. The number of aryl methyl sites for hydroxylation is 2. The number of pyridine rings is 1. The van der Waals surface area contributed by atoms with Crippen molar-refractivity contribution in [2.45, 2.75) is 32.6 Å². The summed E-state index contributed by atoms with van der Waals surface area (Å²) in [5, 5.41) is 0.891. The molecule has 0 spiro atoms. The third-order valence-electron chi connectivity index (χ3n) is 5.15. The number of aromatic amines is 1. The van der Waals surface area contributed by atoms with Gasteiger partial charge in [-0.3, -0.25) is 14.6 Å². The highest BCUT2D eigenvalue weighted by molar-refractivity contribution is 6.06. The van der Waals surface area contributed by atoms with Crippen molar-refractivity contribution in [3.05, 3.63) is 69.5 Å². The fourth-order valence-corrected chi connectivity index (χ4v) is 3.83. The molecule has 1 N–H and O–H groups in total. The number of likely N-dealkylation sites (tertiary alicyclic amines) is 1. The normalized spacial score (nSPS) is 17.3. The van der Waals surface area contributed by atoms with Crippen molar-refractivity contribution in [1.29, 1.82) is 0 Å². The number of benzene rings is 1. The van der Waals surface area contributed by atoms with Gasteiger partial charge in [0, 0.05) is 36.2 Å². The standard InChI is InChI=1S/C21H22N4O2/c1-13-5-6-18-16(8-13)17(9-14(2)24-18)21(27)25-7-3-4-15(11-25)19-10-20(26)23-12-22-19/h5-6,8-10,12,15H,3-4,7,11H2,1-2H3,(H,22,23,26)/t15-/m1/s1. The van der Waals surface area contributed by atoms with Crippen molar-refractivity contribution < 1.29 is 4.79 Å². The van der Waals surface area contributed by atoms with Crippen LogP contribution >= 0.6 is 0 Å². The van der Waals surface area contributed by atoms with Crippen molar-refractivity contribution in [2.24, 2.45) is 0 Å². The molecule has 0 unspecified atom stereocenters. The first kappa shape index (κ1) is 17.4. The Morgan fingerprint density at radius 1 is 1.22 bits per heavy atom. The summed E-state index contributed by atoms with van der Waals surface area (Å²) in [5.41, 5.74) is 4.07. The Morgan fingerprint density at radius 3 is 2.89 bits per heavy atom. The first-order valence-electron chi connectivity index (χ1n) is 9.23. The average molecular weight is 362 g/mol. The molecule has 0 aliphatic carbocycles. The summed E-state index contributed by atoms with van der Waals surface area (Å²) in [6, 6.07) is 9.41. The van der Waals surface area contributed by atoms with E-state index in [0.29, 0.717) is 18.7 Å². The summed E-state index contributed by atoms with van der Waals surface area (Å²) in [6.07, 6.45) is 3.25. The maximum atomic E-state index is 13.3. The highest BCUT2D eigenvalue weighted by Crippen LogP contribution is 2.28. The van der Waals surface area contributed by atoms with E-state index in [-0.39, 0.29) is 17.4 Å². The van der Waals surface area contributed by atoms with Gasteiger partial charge in [0.15, 0.2) is 0 Å². The molecular weight excluding hydrogens is 340 g/mol. The molecule has 1 aliphatic heterocycles. The van der Waals surface area contributed by atoms with Gasteiger partial charge in [-0.25, -0.2) is 4.98 Å². The molecule has 0 saturated carbocycles. The number of nitrogens with zero attached hydrogens (tertiary/aromatic N) is 3. The number of piperidine rings is 1. The van der Waals surface area contributed by atoms with Crippen LogP contribution < -0.4 is 5.56 Å². The van der Waals surface area contributed by atoms with Crippen LogP contribution in [0.4, 0.5) is 0 Å². The van der Waals surface area contributed by atoms with Gasteiger partial charge in [-0.2, -0.15) is 0 Å². The smallest absolute Gasteiger partial charge is 0.254 e. The molecule has 3 heterocycles. The molecule has 1 fully saturated rings. The first-order chi connectivity index (χ1) is 13.0. The second-order valence-corrected chi connectivity index (χ2v) is 7.26. The second kappa shape index (κ2) is 6.95. The summed E-state index contributed by atoms with van der Waals surface area (Å²) >= 11 is 0.